The van der Waals surface area contributed by atoms with Gasteiger partial charge in [-0.25, -0.2) is 9.67 Å². The minimum absolute atomic E-state index is 0.317. The maximum Gasteiger partial charge on any atom is 0.137 e. The van der Waals surface area contributed by atoms with Crippen molar-refractivity contribution in [3.8, 4) is 34.1 Å². The molecule has 7 aromatic rings. The number of rotatable bonds is 12. The van der Waals surface area contributed by atoms with Crippen LogP contribution in [0.5, 0.6) is 11.5 Å². The fourth-order valence-electron chi connectivity index (χ4n) is 7.68. The third kappa shape index (κ3) is 6.82. The maximum atomic E-state index is 6.72. The van der Waals surface area contributed by atoms with Gasteiger partial charge in [-0.2, -0.15) is 5.10 Å². The Balaban J connectivity index is 1.29. The van der Waals surface area contributed by atoms with Crippen LogP contribution in [-0.2, 0) is 0 Å². The number of nitrogens with zero attached hydrogens (tertiary/aromatic N) is 4. The predicted molar refractivity (Wildman–Crippen MR) is 213 cm³/mol. The van der Waals surface area contributed by atoms with Crippen LogP contribution in [0, 0.1) is 6.92 Å². The maximum absolute atomic E-state index is 6.72. The molecule has 7 rings (SSSR count). The Labute approximate surface area is 302 Å². The summed E-state index contributed by atoms with van der Waals surface area (Å²) in [5.74, 6) is 3.73. The van der Waals surface area contributed by atoms with Crippen LogP contribution >= 0.6 is 0 Å². The lowest BCUT2D eigenvalue weighted by molar-refractivity contribution is 0.481. The fraction of sp³-hybridized carbons (Fsp3) is 0.304. The molecular weight excluding hydrogens is 625 g/mol. The summed E-state index contributed by atoms with van der Waals surface area (Å²) in [6, 6.07) is 32.5. The van der Waals surface area contributed by atoms with Crippen molar-refractivity contribution in [2.75, 3.05) is 0 Å². The van der Waals surface area contributed by atoms with Crippen molar-refractivity contribution < 1.29 is 4.74 Å². The van der Waals surface area contributed by atoms with E-state index in [2.05, 4.69) is 144 Å². The van der Waals surface area contributed by atoms with Gasteiger partial charge in [-0.3, -0.25) is 4.57 Å². The Kier molecular flexibility index (Phi) is 9.82. The number of aryl methyl sites for hydroxylation is 1. The summed E-state index contributed by atoms with van der Waals surface area (Å²) in [5.41, 5.74) is 10.9. The fourth-order valence-corrected chi connectivity index (χ4v) is 7.68. The van der Waals surface area contributed by atoms with Gasteiger partial charge in [0.2, 0.25) is 0 Å². The minimum Gasteiger partial charge on any atom is -0.457 e. The second-order valence-electron chi connectivity index (χ2n) is 14.6. The summed E-state index contributed by atoms with van der Waals surface area (Å²) in [6.07, 6.45) is 10.8. The van der Waals surface area contributed by atoms with E-state index in [9.17, 15) is 0 Å². The molecule has 260 valence electrons. The van der Waals surface area contributed by atoms with Crippen LogP contribution in [0.3, 0.4) is 0 Å². The number of hydrogen-bond acceptors (Lipinski definition) is 3. The van der Waals surface area contributed by atoms with Crippen molar-refractivity contribution in [3.63, 3.8) is 0 Å². The highest BCUT2D eigenvalue weighted by atomic mass is 16.5. The monoisotopic (exact) mass is 674 g/mol. The van der Waals surface area contributed by atoms with Crippen LogP contribution in [0.25, 0.3) is 44.4 Å². The average molecular weight is 675 g/mol. The number of benzene rings is 4. The molecule has 2 unspecified atom stereocenters. The van der Waals surface area contributed by atoms with Crippen LogP contribution < -0.4 is 4.74 Å². The molecule has 2 atom stereocenters. The van der Waals surface area contributed by atoms with Gasteiger partial charge in [0.05, 0.1) is 22.9 Å². The van der Waals surface area contributed by atoms with Gasteiger partial charge in [0.25, 0.3) is 0 Å². The first-order chi connectivity index (χ1) is 24.7. The van der Waals surface area contributed by atoms with Crippen molar-refractivity contribution in [1.29, 1.82) is 0 Å². The smallest absolute Gasteiger partial charge is 0.137 e. The Morgan fingerprint density at radius 3 is 2.14 bits per heavy atom. The molecule has 0 saturated heterocycles. The standard InChI is InChI=1S/C46H50N4O/c1-8-13-32(6)39-16-12-17-40(33(7)14-9-2)46(39)35-28-48-49(29-35)36-24-34(30(3)4)25-38(26-36)51-37-19-20-42-41-15-10-11-18-43(41)50(44(42)27-37)45-23-31(5)21-22-47-45/h10-12,15-30,32-33H,8-9,13-14H2,1-7H3. The molecule has 0 spiro atoms. The number of pyridine rings is 1. The number of ether oxygens (including phenoxy) is 1. The minimum atomic E-state index is 0.317. The zero-order valence-corrected chi connectivity index (χ0v) is 31.1. The quantitative estimate of drug-likeness (QED) is 0.130. The van der Waals surface area contributed by atoms with E-state index in [1.165, 1.54) is 44.2 Å². The second kappa shape index (κ2) is 14.6. The van der Waals surface area contributed by atoms with E-state index in [0.29, 0.717) is 17.8 Å². The molecule has 0 aliphatic heterocycles. The summed E-state index contributed by atoms with van der Waals surface area (Å²) >= 11 is 0. The third-order valence-electron chi connectivity index (χ3n) is 10.4. The van der Waals surface area contributed by atoms with Gasteiger partial charge in [-0.15, -0.1) is 0 Å². The molecule has 3 aromatic heterocycles. The third-order valence-corrected chi connectivity index (χ3v) is 10.4. The normalized spacial score (nSPS) is 12.9. The SMILES string of the molecule is CCCC(C)c1cccc(C(C)CCC)c1-c1cnn(-c2cc(Oc3ccc4c5ccccc5n(-c5cc(C)ccn5)c4c3)cc(C(C)C)c2)c1. The molecule has 3 heterocycles. The zero-order chi connectivity index (χ0) is 35.6. The van der Waals surface area contributed by atoms with E-state index in [1.807, 2.05) is 23.1 Å². The summed E-state index contributed by atoms with van der Waals surface area (Å²) in [5, 5.41) is 7.34. The summed E-state index contributed by atoms with van der Waals surface area (Å²) in [6.45, 7) is 15.8. The lowest BCUT2D eigenvalue weighted by Gasteiger charge is -2.22. The largest absolute Gasteiger partial charge is 0.457 e. The van der Waals surface area contributed by atoms with E-state index in [1.54, 1.807) is 0 Å². The van der Waals surface area contributed by atoms with Crippen LogP contribution in [0.4, 0.5) is 0 Å². The Hall–Kier alpha value is -5.16. The van der Waals surface area contributed by atoms with Gasteiger partial charge < -0.3 is 4.74 Å². The molecule has 0 radical (unpaired) electrons. The molecule has 0 amide bonds. The topological polar surface area (TPSA) is 44.9 Å². The molecule has 5 nitrogen and oxygen atoms in total. The van der Waals surface area contributed by atoms with Gasteiger partial charge in [0.15, 0.2) is 0 Å². The van der Waals surface area contributed by atoms with Gasteiger partial charge in [-0.1, -0.05) is 90.8 Å². The molecule has 0 aliphatic rings. The lowest BCUT2D eigenvalue weighted by Crippen LogP contribution is -2.03. The summed E-state index contributed by atoms with van der Waals surface area (Å²) in [7, 11) is 0. The molecule has 0 aliphatic carbocycles. The summed E-state index contributed by atoms with van der Waals surface area (Å²) < 4.78 is 11.0. The van der Waals surface area contributed by atoms with Crippen LogP contribution in [0.1, 0.15) is 107 Å². The highest BCUT2D eigenvalue weighted by molar-refractivity contribution is 6.09. The highest BCUT2D eigenvalue weighted by Gasteiger charge is 2.21. The van der Waals surface area contributed by atoms with Gasteiger partial charge in [-0.05, 0) is 108 Å². The molecule has 5 heteroatoms. The van der Waals surface area contributed by atoms with Gasteiger partial charge >= 0.3 is 0 Å². The molecular formula is C46H50N4O. The van der Waals surface area contributed by atoms with E-state index in [-0.39, 0.29) is 0 Å². The van der Waals surface area contributed by atoms with E-state index >= 15 is 0 Å². The second-order valence-corrected chi connectivity index (χ2v) is 14.6. The molecule has 0 saturated carbocycles. The van der Waals surface area contributed by atoms with Crippen molar-refractivity contribution in [3.05, 3.63) is 132 Å². The summed E-state index contributed by atoms with van der Waals surface area (Å²) in [4.78, 5) is 4.76. The predicted octanol–water partition coefficient (Wildman–Crippen LogP) is 13.1. The Morgan fingerprint density at radius 2 is 1.43 bits per heavy atom. The van der Waals surface area contributed by atoms with Crippen molar-refractivity contribution >= 4 is 21.8 Å². The molecule has 4 aromatic carbocycles. The van der Waals surface area contributed by atoms with Crippen LogP contribution in [0.2, 0.25) is 0 Å². The number of para-hydroxylation sites is 1. The van der Waals surface area contributed by atoms with Crippen LogP contribution in [0.15, 0.2) is 110 Å². The number of hydrogen-bond donors (Lipinski definition) is 0. The molecule has 0 bridgehead atoms. The average Bonchev–Trinajstić information content (AvgIpc) is 3.75. The van der Waals surface area contributed by atoms with E-state index in [0.717, 1.165) is 59.7 Å². The Bertz CT molecular complexity index is 2280. The lowest BCUT2D eigenvalue weighted by atomic mass is 9.82. The van der Waals surface area contributed by atoms with E-state index < -0.39 is 0 Å². The molecule has 0 fully saturated rings. The van der Waals surface area contributed by atoms with Crippen molar-refractivity contribution in [2.24, 2.45) is 0 Å². The van der Waals surface area contributed by atoms with E-state index in [4.69, 9.17) is 14.8 Å². The van der Waals surface area contributed by atoms with Crippen molar-refractivity contribution in [2.45, 2.75) is 91.9 Å². The van der Waals surface area contributed by atoms with Crippen LogP contribution in [-0.4, -0.2) is 19.3 Å². The zero-order valence-electron chi connectivity index (χ0n) is 31.1. The number of aromatic nitrogens is 4. The molecule has 51 heavy (non-hydrogen) atoms. The molecule has 0 N–H and O–H groups in total. The van der Waals surface area contributed by atoms with Gasteiger partial charge in [0.1, 0.15) is 17.3 Å². The van der Waals surface area contributed by atoms with Crippen molar-refractivity contribution in [1.82, 2.24) is 19.3 Å². The first kappa shape index (κ1) is 34.3. The Morgan fingerprint density at radius 1 is 0.706 bits per heavy atom. The van der Waals surface area contributed by atoms with Gasteiger partial charge in [0, 0.05) is 40.9 Å². The number of fused-ring (bicyclic) bond motifs is 3. The first-order valence-corrected chi connectivity index (χ1v) is 18.7. The first-order valence-electron chi connectivity index (χ1n) is 18.7. The highest BCUT2D eigenvalue weighted by Crippen LogP contribution is 2.40.